The smallest absolute Gasteiger partial charge is 0.228 e. The quantitative estimate of drug-likeness (QED) is 0.304. The van der Waals surface area contributed by atoms with Gasteiger partial charge in [-0.15, -0.1) is 0 Å². The molecule has 0 fully saturated rings. The minimum atomic E-state index is -1.84. The van der Waals surface area contributed by atoms with Crippen molar-refractivity contribution in [3.63, 3.8) is 0 Å². The van der Waals surface area contributed by atoms with Crippen molar-refractivity contribution in [2.45, 2.75) is 23.3 Å². The van der Waals surface area contributed by atoms with E-state index in [1.807, 2.05) is 31.2 Å². The van der Waals surface area contributed by atoms with Gasteiger partial charge in [0, 0.05) is 5.69 Å². The zero-order valence-corrected chi connectivity index (χ0v) is 19.7. The summed E-state index contributed by atoms with van der Waals surface area (Å²) in [6.45, 7) is 1.96. The van der Waals surface area contributed by atoms with Gasteiger partial charge in [0.15, 0.2) is 16.6 Å². The molecule has 0 radical (unpaired) electrons. The molecular formula is C20H22Cl3N3O3S. The second-order valence-corrected chi connectivity index (χ2v) is 9.15. The molecule has 162 valence electrons. The lowest BCUT2D eigenvalue weighted by atomic mass is 10.1. The molecule has 0 spiro atoms. The number of carbonyl (C=O) groups is 1. The third-order valence-corrected chi connectivity index (χ3v) is 4.87. The number of alkyl halides is 3. The molecule has 0 aliphatic rings. The average molecular weight is 491 g/mol. The van der Waals surface area contributed by atoms with E-state index in [0.717, 1.165) is 11.3 Å². The summed E-state index contributed by atoms with van der Waals surface area (Å²) < 4.78 is 8.61. The van der Waals surface area contributed by atoms with Crippen LogP contribution in [0.5, 0.6) is 11.5 Å². The van der Waals surface area contributed by atoms with Crippen LogP contribution in [0.1, 0.15) is 11.1 Å². The molecular weight excluding hydrogens is 469 g/mol. The third-order valence-electron chi connectivity index (χ3n) is 4.00. The first-order valence-corrected chi connectivity index (χ1v) is 10.4. The largest absolute Gasteiger partial charge is 0.493 e. The number of benzene rings is 2. The van der Waals surface area contributed by atoms with Crippen molar-refractivity contribution in [2.75, 3.05) is 19.5 Å². The van der Waals surface area contributed by atoms with Gasteiger partial charge in [-0.25, -0.2) is 0 Å². The Bertz CT molecular complexity index is 906. The van der Waals surface area contributed by atoms with Crippen LogP contribution in [0.25, 0.3) is 0 Å². The summed E-state index contributed by atoms with van der Waals surface area (Å²) in [7, 11) is 3.06. The molecule has 0 heterocycles. The van der Waals surface area contributed by atoms with E-state index >= 15 is 0 Å². The minimum absolute atomic E-state index is 0.0390. The Labute approximate surface area is 196 Å². The van der Waals surface area contributed by atoms with Gasteiger partial charge in [-0.2, -0.15) is 0 Å². The first-order chi connectivity index (χ1) is 14.1. The zero-order valence-electron chi connectivity index (χ0n) is 16.6. The molecule has 2 aromatic rings. The van der Waals surface area contributed by atoms with E-state index < -0.39 is 9.96 Å². The van der Waals surface area contributed by atoms with Crippen LogP contribution < -0.4 is 25.4 Å². The predicted octanol–water partition coefficient (Wildman–Crippen LogP) is 4.35. The van der Waals surface area contributed by atoms with Gasteiger partial charge in [0.05, 0.1) is 20.6 Å². The summed E-state index contributed by atoms with van der Waals surface area (Å²) in [5.74, 6) is 0.710. The van der Waals surface area contributed by atoms with Crippen LogP contribution in [-0.2, 0) is 11.2 Å². The summed E-state index contributed by atoms with van der Waals surface area (Å²) >= 11 is 23.4. The number of ether oxygens (including phenoxy) is 2. The van der Waals surface area contributed by atoms with Crippen molar-refractivity contribution in [2.24, 2.45) is 0 Å². The van der Waals surface area contributed by atoms with Crippen LogP contribution >= 0.6 is 47.0 Å². The fourth-order valence-corrected chi connectivity index (χ4v) is 3.17. The molecule has 1 atom stereocenters. The fraction of sp³-hybridized carbons (Fsp3) is 0.300. The van der Waals surface area contributed by atoms with Crippen LogP contribution in [0, 0.1) is 6.92 Å². The molecule has 0 unspecified atom stereocenters. The average Bonchev–Trinajstić information content (AvgIpc) is 2.66. The molecule has 2 rings (SSSR count). The topological polar surface area (TPSA) is 71.6 Å². The Kier molecular flexibility index (Phi) is 8.85. The minimum Gasteiger partial charge on any atom is -0.493 e. The van der Waals surface area contributed by atoms with Crippen molar-refractivity contribution in [1.29, 1.82) is 0 Å². The number of aryl methyl sites for hydroxylation is 1. The summed E-state index contributed by atoms with van der Waals surface area (Å²) in [5, 5.41) is 8.68. The number of hydrogen-bond donors (Lipinski definition) is 3. The first-order valence-electron chi connectivity index (χ1n) is 8.83. The fourth-order valence-electron chi connectivity index (χ4n) is 2.61. The Morgan fingerprint density at radius 1 is 1.07 bits per heavy atom. The number of thiocarbonyl (C=S) groups is 1. The number of carbonyl (C=O) groups excluding carboxylic acids is 1. The molecule has 3 N–H and O–H groups in total. The van der Waals surface area contributed by atoms with Gasteiger partial charge in [0.1, 0.15) is 6.17 Å². The second kappa shape index (κ2) is 10.9. The zero-order chi connectivity index (χ0) is 22.3. The van der Waals surface area contributed by atoms with Crippen LogP contribution in [0.15, 0.2) is 42.5 Å². The van der Waals surface area contributed by atoms with Crippen molar-refractivity contribution in [1.82, 2.24) is 10.6 Å². The molecule has 10 heteroatoms. The molecule has 0 aliphatic carbocycles. The van der Waals surface area contributed by atoms with E-state index in [2.05, 4.69) is 16.0 Å². The highest BCUT2D eigenvalue weighted by molar-refractivity contribution is 7.80. The Morgan fingerprint density at radius 2 is 1.77 bits per heavy atom. The summed E-state index contributed by atoms with van der Waals surface area (Å²) in [5.41, 5.74) is 2.53. The van der Waals surface area contributed by atoms with E-state index in [1.54, 1.807) is 18.2 Å². The van der Waals surface area contributed by atoms with Crippen LogP contribution in [0.3, 0.4) is 0 Å². The van der Waals surface area contributed by atoms with Gasteiger partial charge in [0.25, 0.3) is 0 Å². The van der Waals surface area contributed by atoms with Gasteiger partial charge in [-0.3, -0.25) is 4.79 Å². The number of anilines is 1. The highest BCUT2D eigenvalue weighted by Gasteiger charge is 2.34. The van der Waals surface area contributed by atoms with Crippen molar-refractivity contribution < 1.29 is 14.3 Å². The van der Waals surface area contributed by atoms with Gasteiger partial charge in [-0.1, -0.05) is 53.0 Å². The molecule has 0 aliphatic heterocycles. The maximum atomic E-state index is 12.5. The lowest BCUT2D eigenvalue weighted by Gasteiger charge is -2.28. The standard InChI is InChI=1S/C20H22Cl3N3O3S/c1-12-5-4-6-14(9-12)24-19(30)26-18(20(21,22)23)25-17(27)11-13-7-8-15(28-2)16(10-13)29-3/h4-10,18H,11H2,1-3H3,(H,25,27)(H2,24,26,30)/t18-/m1/s1. The van der Waals surface area contributed by atoms with Gasteiger partial charge in [-0.05, 0) is 54.5 Å². The monoisotopic (exact) mass is 489 g/mol. The molecule has 30 heavy (non-hydrogen) atoms. The van der Waals surface area contributed by atoms with Gasteiger partial charge >= 0.3 is 0 Å². The molecule has 0 saturated carbocycles. The lowest BCUT2D eigenvalue weighted by Crippen LogP contribution is -2.56. The second-order valence-electron chi connectivity index (χ2n) is 6.38. The van der Waals surface area contributed by atoms with Gasteiger partial charge in [0.2, 0.25) is 9.70 Å². The summed E-state index contributed by atoms with van der Waals surface area (Å²) in [6.07, 6.45) is -1.02. The van der Waals surface area contributed by atoms with E-state index in [1.165, 1.54) is 14.2 Å². The Morgan fingerprint density at radius 3 is 2.37 bits per heavy atom. The summed E-state index contributed by atoms with van der Waals surface area (Å²) in [6, 6.07) is 12.8. The molecule has 0 saturated heterocycles. The Hall–Kier alpha value is -1.93. The van der Waals surface area contributed by atoms with Crippen LogP contribution in [0.4, 0.5) is 5.69 Å². The first kappa shape index (κ1) is 24.3. The van der Waals surface area contributed by atoms with Crippen molar-refractivity contribution >= 4 is 63.7 Å². The van der Waals surface area contributed by atoms with E-state index in [0.29, 0.717) is 17.1 Å². The molecule has 1 amide bonds. The van der Waals surface area contributed by atoms with Crippen LogP contribution in [-0.4, -0.2) is 35.2 Å². The number of nitrogens with one attached hydrogen (secondary N) is 3. The molecule has 0 aromatic heterocycles. The Balaban J connectivity index is 2.03. The highest BCUT2D eigenvalue weighted by Crippen LogP contribution is 2.30. The number of amides is 1. The maximum absolute atomic E-state index is 12.5. The normalized spacial score (nSPS) is 11.9. The predicted molar refractivity (Wildman–Crippen MR) is 126 cm³/mol. The maximum Gasteiger partial charge on any atom is 0.228 e. The number of hydrogen-bond acceptors (Lipinski definition) is 4. The molecule has 2 aromatic carbocycles. The van der Waals surface area contributed by atoms with Crippen molar-refractivity contribution in [3.8, 4) is 11.5 Å². The van der Waals surface area contributed by atoms with E-state index in [4.69, 9.17) is 56.5 Å². The van der Waals surface area contributed by atoms with E-state index in [-0.39, 0.29) is 17.4 Å². The van der Waals surface area contributed by atoms with Crippen molar-refractivity contribution in [3.05, 3.63) is 53.6 Å². The number of methoxy groups -OCH3 is 2. The van der Waals surface area contributed by atoms with Crippen LogP contribution in [0.2, 0.25) is 0 Å². The van der Waals surface area contributed by atoms with Gasteiger partial charge < -0.3 is 25.4 Å². The number of halogens is 3. The highest BCUT2D eigenvalue weighted by atomic mass is 35.6. The summed E-state index contributed by atoms with van der Waals surface area (Å²) in [4.78, 5) is 12.5. The molecule has 6 nitrogen and oxygen atoms in total. The number of rotatable bonds is 7. The third kappa shape index (κ3) is 7.40. The SMILES string of the molecule is COc1ccc(CC(=O)N[C@H](NC(=S)Nc2cccc(C)c2)C(Cl)(Cl)Cl)cc1OC. The van der Waals surface area contributed by atoms with E-state index in [9.17, 15) is 4.79 Å². The lowest BCUT2D eigenvalue weighted by molar-refractivity contribution is -0.121. The molecule has 0 bridgehead atoms.